The fourth-order valence-electron chi connectivity index (χ4n) is 2.09. The molecule has 0 radical (unpaired) electrons. The van der Waals surface area contributed by atoms with Gasteiger partial charge in [0, 0.05) is 6.20 Å². The molecule has 128 valence electrons. The van der Waals surface area contributed by atoms with Gasteiger partial charge in [0.2, 0.25) is 11.9 Å². The van der Waals surface area contributed by atoms with Gasteiger partial charge in [-0.2, -0.15) is 15.0 Å². The Bertz CT molecular complexity index is 866. The van der Waals surface area contributed by atoms with Crippen molar-refractivity contribution in [3.8, 4) is 5.75 Å². The number of hydrogen-bond donors (Lipinski definition) is 3. The average Bonchev–Trinajstić information content (AvgIpc) is 3.14. The number of aromatic amines is 1. The lowest BCUT2D eigenvalue weighted by Crippen LogP contribution is -2.11. The smallest absolute Gasteiger partial charge is 0.355 e. The van der Waals surface area contributed by atoms with Crippen LogP contribution in [0.1, 0.15) is 16.3 Å². The minimum Gasteiger partial charge on any atom is -0.495 e. The molecule has 0 amide bonds. The number of benzene rings is 1. The minimum atomic E-state index is -0.511. The zero-order chi connectivity index (χ0) is 17.6. The summed E-state index contributed by atoms with van der Waals surface area (Å²) >= 11 is 0. The molecular formula is C16H16N6O3. The monoisotopic (exact) mass is 340 g/mol. The van der Waals surface area contributed by atoms with E-state index < -0.39 is 5.97 Å². The Hall–Kier alpha value is -3.62. The molecule has 0 saturated carbocycles. The molecule has 2 aromatic heterocycles. The van der Waals surface area contributed by atoms with E-state index in [1.165, 1.54) is 0 Å². The highest BCUT2D eigenvalue weighted by molar-refractivity contribution is 5.87. The number of nitrogen functional groups attached to an aromatic ring is 1. The number of carbonyl (C=O) groups excluding carboxylic acids is 1. The summed E-state index contributed by atoms with van der Waals surface area (Å²) in [7, 11) is 1.56. The summed E-state index contributed by atoms with van der Waals surface area (Å²) < 4.78 is 10.4. The van der Waals surface area contributed by atoms with Crippen LogP contribution in [-0.4, -0.2) is 33.0 Å². The van der Waals surface area contributed by atoms with Gasteiger partial charge in [-0.25, -0.2) is 4.79 Å². The summed E-state index contributed by atoms with van der Waals surface area (Å²) in [6.45, 7) is -0.134. The second-order valence-electron chi connectivity index (χ2n) is 4.92. The van der Waals surface area contributed by atoms with E-state index >= 15 is 0 Å². The topological polar surface area (TPSA) is 128 Å². The Labute approximate surface area is 143 Å². The molecule has 3 aromatic rings. The lowest BCUT2D eigenvalue weighted by molar-refractivity contribution is 0.0456. The third-order valence-electron chi connectivity index (χ3n) is 3.20. The van der Waals surface area contributed by atoms with E-state index in [0.717, 1.165) is 0 Å². The van der Waals surface area contributed by atoms with E-state index in [1.807, 2.05) is 18.2 Å². The minimum absolute atomic E-state index is 0.0123. The first-order valence-corrected chi connectivity index (χ1v) is 7.36. The highest BCUT2D eigenvalue weighted by Crippen LogP contribution is 2.25. The van der Waals surface area contributed by atoms with Gasteiger partial charge in [0.1, 0.15) is 11.4 Å². The zero-order valence-electron chi connectivity index (χ0n) is 13.4. The Kier molecular flexibility index (Phi) is 4.74. The molecule has 9 heteroatoms. The maximum Gasteiger partial charge on any atom is 0.355 e. The Morgan fingerprint density at radius 1 is 1.20 bits per heavy atom. The first-order chi connectivity index (χ1) is 12.2. The van der Waals surface area contributed by atoms with Crippen molar-refractivity contribution in [1.29, 1.82) is 0 Å². The van der Waals surface area contributed by atoms with Gasteiger partial charge in [-0.05, 0) is 24.3 Å². The summed E-state index contributed by atoms with van der Waals surface area (Å²) in [6.07, 6.45) is 1.63. The molecule has 0 saturated heterocycles. The van der Waals surface area contributed by atoms with Gasteiger partial charge in [-0.1, -0.05) is 12.1 Å². The summed E-state index contributed by atoms with van der Waals surface area (Å²) in [4.78, 5) is 26.8. The van der Waals surface area contributed by atoms with Crippen LogP contribution in [0.3, 0.4) is 0 Å². The summed E-state index contributed by atoms with van der Waals surface area (Å²) in [5, 5.41) is 3.01. The average molecular weight is 340 g/mol. The van der Waals surface area contributed by atoms with Crippen LogP contribution >= 0.6 is 0 Å². The first-order valence-electron chi connectivity index (χ1n) is 7.36. The third-order valence-corrected chi connectivity index (χ3v) is 3.20. The highest BCUT2D eigenvalue weighted by Gasteiger charge is 2.11. The second kappa shape index (κ2) is 7.30. The second-order valence-corrected chi connectivity index (χ2v) is 4.92. The number of ether oxygens (including phenoxy) is 2. The maximum absolute atomic E-state index is 11.8. The predicted molar refractivity (Wildman–Crippen MR) is 90.4 cm³/mol. The molecule has 0 aliphatic heterocycles. The summed E-state index contributed by atoms with van der Waals surface area (Å²) in [5.74, 6) is 0.579. The lowest BCUT2D eigenvalue weighted by atomic mass is 10.3. The normalized spacial score (nSPS) is 10.3. The molecule has 9 nitrogen and oxygen atoms in total. The van der Waals surface area contributed by atoms with Crippen molar-refractivity contribution in [2.75, 3.05) is 18.2 Å². The number of nitrogens with zero attached hydrogens (tertiary/aromatic N) is 3. The van der Waals surface area contributed by atoms with Crippen LogP contribution in [0.15, 0.2) is 42.6 Å². The van der Waals surface area contributed by atoms with Crippen molar-refractivity contribution >= 4 is 23.6 Å². The largest absolute Gasteiger partial charge is 0.495 e. The van der Waals surface area contributed by atoms with Crippen LogP contribution < -0.4 is 15.8 Å². The molecule has 4 N–H and O–H groups in total. The van der Waals surface area contributed by atoms with E-state index in [-0.39, 0.29) is 24.3 Å². The number of nitrogens with two attached hydrogens (primary N) is 1. The molecule has 1 aromatic carbocycles. The van der Waals surface area contributed by atoms with E-state index in [0.29, 0.717) is 17.1 Å². The van der Waals surface area contributed by atoms with Crippen LogP contribution in [-0.2, 0) is 11.3 Å². The van der Waals surface area contributed by atoms with E-state index in [9.17, 15) is 4.79 Å². The first kappa shape index (κ1) is 16.2. The van der Waals surface area contributed by atoms with E-state index in [4.69, 9.17) is 15.2 Å². The molecule has 0 fully saturated rings. The Morgan fingerprint density at radius 3 is 2.80 bits per heavy atom. The van der Waals surface area contributed by atoms with Crippen molar-refractivity contribution in [3.05, 3.63) is 54.1 Å². The van der Waals surface area contributed by atoms with E-state index in [1.54, 1.807) is 31.5 Å². The van der Waals surface area contributed by atoms with Crippen LogP contribution in [0.25, 0.3) is 0 Å². The zero-order valence-corrected chi connectivity index (χ0v) is 13.4. The molecule has 3 rings (SSSR count). The molecule has 0 unspecified atom stereocenters. The van der Waals surface area contributed by atoms with Crippen molar-refractivity contribution < 1.29 is 14.3 Å². The lowest BCUT2D eigenvalue weighted by Gasteiger charge is -2.10. The van der Waals surface area contributed by atoms with Crippen LogP contribution in [0.2, 0.25) is 0 Å². The molecule has 25 heavy (non-hydrogen) atoms. The number of esters is 1. The quantitative estimate of drug-likeness (QED) is 0.580. The number of anilines is 3. The van der Waals surface area contributed by atoms with Gasteiger partial charge in [0.15, 0.2) is 12.4 Å². The number of aromatic nitrogens is 4. The van der Waals surface area contributed by atoms with Crippen LogP contribution in [0.5, 0.6) is 5.75 Å². The van der Waals surface area contributed by atoms with Crippen molar-refractivity contribution in [2.45, 2.75) is 6.61 Å². The number of carbonyl (C=O) groups is 1. The SMILES string of the molecule is COc1ccccc1Nc1nc(N)nc(COC(=O)c2ccc[nH]2)n1. The van der Waals surface area contributed by atoms with Gasteiger partial charge in [-0.15, -0.1) is 0 Å². The van der Waals surface area contributed by atoms with Gasteiger partial charge < -0.3 is 25.5 Å². The number of hydrogen-bond acceptors (Lipinski definition) is 8. The Balaban J connectivity index is 1.73. The molecular weight excluding hydrogens is 324 g/mol. The molecule has 0 aliphatic carbocycles. The van der Waals surface area contributed by atoms with Gasteiger partial charge in [-0.3, -0.25) is 0 Å². The number of para-hydroxylation sites is 2. The maximum atomic E-state index is 11.8. The highest BCUT2D eigenvalue weighted by atomic mass is 16.5. The molecule has 0 aliphatic rings. The van der Waals surface area contributed by atoms with Gasteiger partial charge >= 0.3 is 5.97 Å². The number of methoxy groups -OCH3 is 1. The van der Waals surface area contributed by atoms with E-state index in [2.05, 4.69) is 25.3 Å². The fourth-order valence-corrected chi connectivity index (χ4v) is 2.09. The predicted octanol–water partition coefficient (Wildman–Crippen LogP) is 1.89. The van der Waals surface area contributed by atoms with Gasteiger partial charge in [0.05, 0.1) is 12.8 Å². The number of rotatable bonds is 6. The van der Waals surface area contributed by atoms with Crippen LogP contribution in [0, 0.1) is 0 Å². The fraction of sp³-hybridized carbons (Fsp3) is 0.125. The third kappa shape index (κ3) is 4.02. The van der Waals surface area contributed by atoms with Crippen molar-refractivity contribution in [1.82, 2.24) is 19.9 Å². The molecule has 0 spiro atoms. The molecule has 0 bridgehead atoms. The number of nitrogens with one attached hydrogen (secondary N) is 2. The molecule has 0 atom stereocenters. The molecule has 2 heterocycles. The summed E-state index contributed by atoms with van der Waals surface area (Å²) in [5.41, 5.74) is 6.72. The van der Waals surface area contributed by atoms with Gasteiger partial charge in [0.25, 0.3) is 0 Å². The van der Waals surface area contributed by atoms with Crippen LogP contribution in [0.4, 0.5) is 17.6 Å². The van der Waals surface area contributed by atoms with Crippen molar-refractivity contribution in [2.24, 2.45) is 0 Å². The summed E-state index contributed by atoms with van der Waals surface area (Å²) in [6, 6.07) is 10.6. The number of H-pyrrole nitrogens is 1. The van der Waals surface area contributed by atoms with Crippen molar-refractivity contribution in [3.63, 3.8) is 0 Å². The Morgan fingerprint density at radius 2 is 2.04 bits per heavy atom. The standard InChI is InChI=1S/C16H16N6O3/c1-24-12-7-3-2-5-10(12)19-16-21-13(20-15(17)22-16)9-25-14(23)11-6-4-8-18-11/h2-8,18H,9H2,1H3,(H3,17,19,20,21,22).